The summed E-state index contributed by atoms with van der Waals surface area (Å²) in [6, 6.07) is 6.70. The summed E-state index contributed by atoms with van der Waals surface area (Å²) in [5.74, 6) is 0.662. The molecular formula is C16H23N5O3. The van der Waals surface area contributed by atoms with Gasteiger partial charge in [-0.1, -0.05) is 6.07 Å². The summed E-state index contributed by atoms with van der Waals surface area (Å²) in [5.41, 5.74) is 1.17. The fraction of sp³-hybridized carbons (Fsp3) is 0.375. The highest BCUT2D eigenvalue weighted by atomic mass is 16.5. The van der Waals surface area contributed by atoms with Crippen molar-refractivity contribution in [1.82, 2.24) is 14.7 Å². The molecule has 0 aliphatic carbocycles. The van der Waals surface area contributed by atoms with Crippen molar-refractivity contribution in [3.63, 3.8) is 0 Å². The molecule has 1 aromatic carbocycles. The summed E-state index contributed by atoms with van der Waals surface area (Å²) in [6.45, 7) is 0.899. The number of aromatic nitrogens is 2. The molecule has 24 heavy (non-hydrogen) atoms. The molecule has 0 radical (unpaired) electrons. The Balaban J connectivity index is 1.88. The van der Waals surface area contributed by atoms with Crippen LogP contribution < -0.4 is 15.4 Å². The third-order valence-electron chi connectivity index (χ3n) is 3.19. The van der Waals surface area contributed by atoms with Crippen LogP contribution in [0.2, 0.25) is 0 Å². The third kappa shape index (κ3) is 5.56. The number of nitrogens with one attached hydrogen (secondary N) is 2. The van der Waals surface area contributed by atoms with E-state index in [2.05, 4.69) is 15.7 Å². The molecule has 8 heteroatoms. The van der Waals surface area contributed by atoms with Crippen LogP contribution in [-0.2, 0) is 6.54 Å². The normalized spacial score (nSPS) is 12.0. The van der Waals surface area contributed by atoms with Gasteiger partial charge in [0.15, 0.2) is 0 Å². The van der Waals surface area contributed by atoms with E-state index in [1.807, 2.05) is 19.0 Å². The van der Waals surface area contributed by atoms with Crippen molar-refractivity contribution >= 4 is 17.4 Å². The number of benzene rings is 1. The van der Waals surface area contributed by atoms with E-state index in [4.69, 9.17) is 4.74 Å². The number of urea groups is 1. The van der Waals surface area contributed by atoms with Gasteiger partial charge in [0, 0.05) is 24.5 Å². The molecule has 2 amide bonds. The summed E-state index contributed by atoms with van der Waals surface area (Å²) in [6.07, 6.45) is 2.68. The van der Waals surface area contributed by atoms with E-state index in [1.165, 1.54) is 6.20 Å². The highest BCUT2D eigenvalue weighted by Crippen LogP contribution is 2.17. The average Bonchev–Trinajstić information content (AvgIpc) is 2.93. The summed E-state index contributed by atoms with van der Waals surface area (Å²) < 4.78 is 6.70. The lowest BCUT2D eigenvalue weighted by Crippen LogP contribution is -2.29. The lowest BCUT2D eigenvalue weighted by atomic mass is 10.3. The maximum absolute atomic E-state index is 12.0. The highest BCUT2D eigenvalue weighted by Gasteiger charge is 2.09. The standard InChI is InChI=1S/C16H23N5O3/c1-20(2)10-14(22)11-21-9-13(8-17-21)19-16(23)18-12-5-4-6-15(7-12)24-3/h4-9,14,22H,10-11H2,1-3H3,(H2,18,19,23). The molecule has 0 saturated carbocycles. The lowest BCUT2D eigenvalue weighted by molar-refractivity contribution is 0.116. The van der Waals surface area contributed by atoms with Crippen LogP contribution in [0.5, 0.6) is 5.75 Å². The van der Waals surface area contributed by atoms with Crippen LogP contribution in [0.25, 0.3) is 0 Å². The summed E-state index contributed by atoms with van der Waals surface area (Å²) in [5, 5.41) is 19.4. The number of aliphatic hydroxyl groups is 1. The molecule has 1 atom stereocenters. The number of hydrogen-bond donors (Lipinski definition) is 3. The van der Waals surface area contributed by atoms with Crippen LogP contribution in [0.4, 0.5) is 16.2 Å². The van der Waals surface area contributed by atoms with Crippen LogP contribution in [0.1, 0.15) is 0 Å². The second-order valence-corrected chi connectivity index (χ2v) is 5.68. The zero-order chi connectivity index (χ0) is 17.5. The second kappa shape index (κ2) is 8.32. The first kappa shape index (κ1) is 17.8. The number of carbonyl (C=O) groups excluding carboxylic acids is 1. The first-order chi connectivity index (χ1) is 11.5. The number of amides is 2. The Morgan fingerprint density at radius 3 is 2.83 bits per heavy atom. The van der Waals surface area contributed by atoms with Crippen molar-refractivity contribution in [2.75, 3.05) is 38.4 Å². The fourth-order valence-corrected chi connectivity index (χ4v) is 2.22. The molecule has 2 aromatic rings. The number of likely N-dealkylation sites (N-methyl/N-ethyl adjacent to an activating group) is 1. The minimum absolute atomic E-state index is 0.358. The maximum atomic E-state index is 12.0. The van der Waals surface area contributed by atoms with Crippen LogP contribution >= 0.6 is 0 Å². The Morgan fingerprint density at radius 2 is 2.12 bits per heavy atom. The summed E-state index contributed by atoms with van der Waals surface area (Å²) >= 11 is 0. The number of methoxy groups -OCH3 is 1. The summed E-state index contributed by atoms with van der Waals surface area (Å²) in [4.78, 5) is 13.9. The number of ether oxygens (including phenoxy) is 1. The fourth-order valence-electron chi connectivity index (χ4n) is 2.22. The van der Waals surface area contributed by atoms with Gasteiger partial charge in [0.1, 0.15) is 5.75 Å². The van der Waals surface area contributed by atoms with Crippen LogP contribution in [0.3, 0.4) is 0 Å². The molecule has 130 valence electrons. The Labute approximate surface area is 141 Å². The Morgan fingerprint density at radius 1 is 1.38 bits per heavy atom. The molecule has 3 N–H and O–H groups in total. The zero-order valence-electron chi connectivity index (χ0n) is 14.1. The SMILES string of the molecule is COc1cccc(NC(=O)Nc2cnn(CC(O)CN(C)C)c2)c1. The van der Waals surface area contributed by atoms with Gasteiger partial charge in [-0.15, -0.1) is 0 Å². The number of nitrogens with zero attached hydrogens (tertiary/aromatic N) is 3. The van der Waals surface area contributed by atoms with Crippen LogP contribution in [-0.4, -0.2) is 59.7 Å². The molecule has 1 unspecified atom stereocenters. The van der Waals surface area contributed by atoms with E-state index in [-0.39, 0.29) is 6.03 Å². The van der Waals surface area contributed by atoms with E-state index >= 15 is 0 Å². The minimum Gasteiger partial charge on any atom is -0.497 e. The van der Waals surface area contributed by atoms with Gasteiger partial charge in [-0.3, -0.25) is 4.68 Å². The Hall–Kier alpha value is -2.58. The topological polar surface area (TPSA) is 91.7 Å². The lowest BCUT2D eigenvalue weighted by Gasteiger charge is -2.15. The van der Waals surface area contributed by atoms with E-state index in [9.17, 15) is 9.90 Å². The van der Waals surface area contributed by atoms with Gasteiger partial charge in [-0.2, -0.15) is 5.10 Å². The first-order valence-corrected chi connectivity index (χ1v) is 7.53. The number of hydrogen-bond acceptors (Lipinski definition) is 5. The van der Waals surface area contributed by atoms with E-state index in [0.29, 0.717) is 30.2 Å². The van der Waals surface area contributed by atoms with Crippen LogP contribution in [0.15, 0.2) is 36.7 Å². The molecule has 1 heterocycles. The Bertz CT molecular complexity index is 671. The number of carbonyl (C=O) groups is 1. The smallest absolute Gasteiger partial charge is 0.323 e. The molecule has 0 fully saturated rings. The molecule has 8 nitrogen and oxygen atoms in total. The van der Waals surface area contributed by atoms with Gasteiger partial charge in [-0.25, -0.2) is 4.79 Å². The third-order valence-corrected chi connectivity index (χ3v) is 3.19. The van der Waals surface area contributed by atoms with Crippen molar-refractivity contribution < 1.29 is 14.6 Å². The molecular weight excluding hydrogens is 310 g/mol. The zero-order valence-corrected chi connectivity index (χ0v) is 14.1. The monoisotopic (exact) mass is 333 g/mol. The molecule has 0 spiro atoms. The second-order valence-electron chi connectivity index (χ2n) is 5.68. The molecule has 0 aliphatic heterocycles. The molecule has 2 rings (SSSR count). The molecule has 0 aliphatic rings. The minimum atomic E-state index is -0.529. The highest BCUT2D eigenvalue weighted by molar-refractivity contribution is 5.99. The van der Waals surface area contributed by atoms with Gasteiger partial charge >= 0.3 is 6.03 Å². The number of anilines is 2. The van der Waals surface area contributed by atoms with Gasteiger partial charge in [0.05, 0.1) is 31.6 Å². The van der Waals surface area contributed by atoms with Crippen molar-refractivity contribution in [3.8, 4) is 5.75 Å². The predicted molar refractivity (Wildman–Crippen MR) is 92.4 cm³/mol. The van der Waals surface area contributed by atoms with Gasteiger partial charge in [0.2, 0.25) is 0 Å². The van der Waals surface area contributed by atoms with Gasteiger partial charge in [0.25, 0.3) is 0 Å². The number of rotatable bonds is 7. The van der Waals surface area contributed by atoms with E-state index in [1.54, 1.807) is 42.3 Å². The first-order valence-electron chi connectivity index (χ1n) is 7.53. The Kier molecular flexibility index (Phi) is 6.16. The van der Waals surface area contributed by atoms with E-state index < -0.39 is 6.10 Å². The number of aliphatic hydroxyl groups excluding tert-OH is 1. The molecule has 0 bridgehead atoms. The average molecular weight is 333 g/mol. The van der Waals surface area contributed by atoms with Gasteiger partial charge < -0.3 is 25.4 Å². The van der Waals surface area contributed by atoms with Gasteiger partial charge in [-0.05, 0) is 26.2 Å². The molecule has 0 saturated heterocycles. The van der Waals surface area contributed by atoms with Crippen molar-refractivity contribution in [1.29, 1.82) is 0 Å². The van der Waals surface area contributed by atoms with Crippen molar-refractivity contribution in [2.45, 2.75) is 12.6 Å². The molecule has 1 aromatic heterocycles. The van der Waals surface area contributed by atoms with Crippen LogP contribution in [0, 0.1) is 0 Å². The quantitative estimate of drug-likeness (QED) is 0.713. The summed E-state index contributed by atoms with van der Waals surface area (Å²) in [7, 11) is 5.35. The van der Waals surface area contributed by atoms with Crippen molar-refractivity contribution in [2.24, 2.45) is 0 Å². The van der Waals surface area contributed by atoms with Crippen molar-refractivity contribution in [3.05, 3.63) is 36.7 Å². The van der Waals surface area contributed by atoms with E-state index in [0.717, 1.165) is 0 Å². The largest absolute Gasteiger partial charge is 0.497 e. The maximum Gasteiger partial charge on any atom is 0.323 e. The predicted octanol–water partition coefficient (Wildman–Crippen LogP) is 1.46.